The van der Waals surface area contributed by atoms with Gasteiger partial charge in [0, 0.05) is 17.9 Å². The van der Waals surface area contributed by atoms with Gasteiger partial charge in [0.05, 0.1) is 15.3 Å². The molecule has 176 valence electrons. The molecular formula is C23H27BrN4O4S. The van der Waals surface area contributed by atoms with Gasteiger partial charge in [0.25, 0.3) is 5.91 Å². The zero-order chi connectivity index (χ0) is 23.4. The first-order chi connectivity index (χ1) is 15.9. The van der Waals surface area contributed by atoms with Crippen molar-refractivity contribution in [3.63, 3.8) is 0 Å². The molecule has 0 bridgehead atoms. The van der Waals surface area contributed by atoms with Crippen molar-refractivity contribution in [1.82, 2.24) is 5.32 Å². The minimum atomic E-state index is -0.900. The van der Waals surface area contributed by atoms with Gasteiger partial charge in [-0.05, 0) is 71.6 Å². The predicted octanol–water partition coefficient (Wildman–Crippen LogP) is 4.30. The number of hydrogen-bond acceptors (Lipinski definition) is 6. The van der Waals surface area contributed by atoms with Crippen LogP contribution in [0.4, 0.5) is 11.4 Å². The molecule has 1 aliphatic heterocycles. The van der Waals surface area contributed by atoms with E-state index in [0.717, 1.165) is 27.9 Å². The van der Waals surface area contributed by atoms with Gasteiger partial charge in [0.1, 0.15) is 19.3 Å². The number of halogens is 1. The Labute approximate surface area is 205 Å². The lowest BCUT2D eigenvalue weighted by Gasteiger charge is -2.31. The largest absolute Gasteiger partial charge is 0.398 e. The van der Waals surface area contributed by atoms with Gasteiger partial charge in [0.15, 0.2) is 5.84 Å². The van der Waals surface area contributed by atoms with Crippen LogP contribution in [0.25, 0.3) is 0 Å². The molecule has 1 aliphatic carbocycles. The van der Waals surface area contributed by atoms with Crippen LogP contribution in [-0.2, 0) is 14.4 Å². The summed E-state index contributed by atoms with van der Waals surface area (Å²) >= 11 is 4.74. The summed E-state index contributed by atoms with van der Waals surface area (Å²) in [5.41, 5.74) is 1.77. The van der Waals surface area contributed by atoms with Crippen molar-refractivity contribution in [1.29, 1.82) is 0 Å². The molecule has 1 saturated heterocycles. The quantitative estimate of drug-likeness (QED) is 0.539. The van der Waals surface area contributed by atoms with Crippen molar-refractivity contribution in [3.05, 3.63) is 44.6 Å². The number of nitrogens with zero attached hydrogens (tertiary/aromatic N) is 2. The average molecular weight is 535 g/mol. The predicted molar refractivity (Wildman–Crippen MR) is 133 cm³/mol. The molecule has 8 nitrogen and oxygen atoms in total. The molecule has 1 aromatic carbocycles. The zero-order valence-corrected chi connectivity index (χ0v) is 21.1. The van der Waals surface area contributed by atoms with Crippen LogP contribution in [0.5, 0.6) is 0 Å². The Bertz CT molecular complexity index is 1060. The molecule has 10 heteroatoms. The Hall–Kier alpha value is -2.43. The Balaban J connectivity index is 1.50. The third-order valence-corrected chi connectivity index (χ3v) is 7.61. The van der Waals surface area contributed by atoms with Crippen molar-refractivity contribution in [2.45, 2.75) is 38.1 Å². The first-order valence-corrected chi connectivity index (χ1v) is 12.5. The summed E-state index contributed by atoms with van der Waals surface area (Å²) in [6, 6.07) is 9.38. The molecule has 0 spiro atoms. The Kier molecular flexibility index (Phi) is 7.35. The summed E-state index contributed by atoms with van der Waals surface area (Å²) in [4.78, 5) is 33.7. The van der Waals surface area contributed by atoms with Crippen molar-refractivity contribution in [2.75, 3.05) is 37.1 Å². The number of oxime groups is 1. The van der Waals surface area contributed by atoms with Crippen LogP contribution in [0, 0.1) is 6.92 Å². The third-order valence-electron chi connectivity index (χ3n) is 5.99. The van der Waals surface area contributed by atoms with Crippen molar-refractivity contribution >= 4 is 56.3 Å². The van der Waals surface area contributed by atoms with Crippen LogP contribution in [0.15, 0.2) is 39.3 Å². The highest BCUT2D eigenvalue weighted by Gasteiger charge is 2.43. The second-order valence-corrected chi connectivity index (χ2v) is 10.7. The lowest BCUT2D eigenvalue weighted by atomic mass is 9.95. The van der Waals surface area contributed by atoms with E-state index in [0.29, 0.717) is 49.0 Å². The molecule has 2 amide bonds. The van der Waals surface area contributed by atoms with Crippen LogP contribution >= 0.6 is 27.3 Å². The number of nitrogens with one attached hydrogen (secondary N) is 2. The smallest absolute Gasteiger partial charge is 0.262 e. The molecule has 2 fully saturated rings. The summed E-state index contributed by atoms with van der Waals surface area (Å²) in [6.07, 6.45) is 3.05. The van der Waals surface area contributed by atoms with Crippen molar-refractivity contribution in [3.8, 4) is 0 Å². The molecule has 33 heavy (non-hydrogen) atoms. The van der Waals surface area contributed by atoms with E-state index in [9.17, 15) is 9.59 Å². The van der Waals surface area contributed by atoms with Gasteiger partial charge < -0.3 is 25.1 Å². The van der Waals surface area contributed by atoms with E-state index in [1.165, 1.54) is 18.4 Å². The molecule has 0 unspecified atom stereocenters. The monoisotopic (exact) mass is 534 g/mol. The number of amides is 2. The fourth-order valence-electron chi connectivity index (χ4n) is 4.36. The maximum Gasteiger partial charge on any atom is 0.262 e. The Morgan fingerprint density at radius 2 is 2.03 bits per heavy atom. The van der Waals surface area contributed by atoms with E-state index in [4.69, 9.17) is 9.57 Å². The number of thiophene rings is 1. The van der Waals surface area contributed by atoms with Crippen molar-refractivity contribution in [2.24, 2.45) is 5.16 Å². The Morgan fingerprint density at radius 3 is 2.70 bits per heavy atom. The highest BCUT2D eigenvalue weighted by molar-refractivity contribution is 9.11. The van der Waals surface area contributed by atoms with Crippen LogP contribution in [0.1, 0.15) is 40.9 Å². The van der Waals surface area contributed by atoms with E-state index >= 15 is 0 Å². The van der Waals surface area contributed by atoms with E-state index in [1.54, 1.807) is 6.07 Å². The van der Waals surface area contributed by atoms with Gasteiger partial charge in [-0.25, -0.2) is 0 Å². The minimum Gasteiger partial charge on any atom is -0.398 e. The molecule has 2 aromatic rings. The first-order valence-electron chi connectivity index (χ1n) is 10.9. The number of carbonyl (C=O) groups is 2. The molecule has 2 heterocycles. The summed E-state index contributed by atoms with van der Waals surface area (Å²) in [6.45, 7) is 3.65. The molecule has 2 N–H and O–H groups in total. The van der Waals surface area contributed by atoms with Gasteiger partial charge >= 0.3 is 0 Å². The molecule has 2 aliphatic rings. The zero-order valence-electron chi connectivity index (χ0n) is 18.7. The highest BCUT2D eigenvalue weighted by atomic mass is 79.9. The second kappa shape index (κ2) is 10.2. The number of morpholine rings is 1. The fourth-order valence-corrected chi connectivity index (χ4v) is 5.64. The summed E-state index contributed by atoms with van der Waals surface area (Å²) in [7, 11) is 1.51. The summed E-state index contributed by atoms with van der Waals surface area (Å²) in [5.74, 6) is 0.312. The van der Waals surface area contributed by atoms with E-state index in [1.807, 2.05) is 31.2 Å². The van der Waals surface area contributed by atoms with Crippen LogP contribution in [0.3, 0.4) is 0 Å². The van der Waals surface area contributed by atoms with Gasteiger partial charge in [-0.3, -0.25) is 9.59 Å². The maximum absolute atomic E-state index is 13.3. The number of amidine groups is 1. The third kappa shape index (κ3) is 5.23. The van der Waals surface area contributed by atoms with E-state index in [-0.39, 0.29) is 11.8 Å². The number of ether oxygens (including phenoxy) is 1. The molecule has 4 rings (SSSR count). The average Bonchev–Trinajstić information content (AvgIpc) is 3.45. The van der Waals surface area contributed by atoms with Gasteiger partial charge in [-0.15, -0.1) is 11.3 Å². The van der Waals surface area contributed by atoms with Crippen molar-refractivity contribution < 1.29 is 19.2 Å². The second-order valence-electron chi connectivity index (χ2n) is 8.20. The summed E-state index contributed by atoms with van der Waals surface area (Å²) < 4.78 is 6.37. The van der Waals surface area contributed by atoms with Crippen LogP contribution < -0.4 is 15.5 Å². The minimum absolute atomic E-state index is 0.177. The normalized spacial score (nSPS) is 18.9. The standard InChI is InChI=1S/C23H27BrN4O4S/c1-15-13-16(5-6-17(15)28-11-12-32-14-20(28)27-31-2)25-22(30)23(9-3-4-10-23)26-21(29)18-7-8-19(24)33-18/h5-8,13H,3-4,9-12,14H2,1-2H3,(H,25,30)(H,26,29). The van der Waals surface area contributed by atoms with E-state index < -0.39 is 5.54 Å². The number of benzene rings is 1. The number of aryl methyl sites for hydroxylation is 1. The van der Waals surface area contributed by atoms with Crippen LogP contribution in [-0.4, -0.2) is 50.1 Å². The molecular weight excluding hydrogens is 508 g/mol. The molecule has 1 saturated carbocycles. The molecule has 0 radical (unpaired) electrons. The van der Waals surface area contributed by atoms with Gasteiger partial charge in [0.2, 0.25) is 5.91 Å². The topological polar surface area (TPSA) is 92.3 Å². The van der Waals surface area contributed by atoms with Crippen LogP contribution in [0.2, 0.25) is 0 Å². The first kappa shape index (κ1) is 23.7. The lowest BCUT2D eigenvalue weighted by Crippen LogP contribution is -2.54. The number of rotatable bonds is 6. The summed E-state index contributed by atoms with van der Waals surface area (Å²) in [5, 5.41) is 10.1. The molecule has 1 aromatic heterocycles. The maximum atomic E-state index is 13.3. The molecule has 0 atom stereocenters. The highest BCUT2D eigenvalue weighted by Crippen LogP contribution is 2.33. The van der Waals surface area contributed by atoms with Gasteiger partial charge in [-0.2, -0.15) is 0 Å². The number of anilines is 2. The van der Waals surface area contributed by atoms with E-state index in [2.05, 4.69) is 36.6 Å². The number of hydrogen-bond donors (Lipinski definition) is 2. The lowest BCUT2D eigenvalue weighted by molar-refractivity contribution is -0.122. The SMILES string of the molecule is CON=C1COCCN1c1ccc(NC(=O)C2(NC(=O)c3ccc(Br)s3)CCCC2)cc1C. The fraction of sp³-hybridized carbons (Fsp3) is 0.435. The van der Waals surface area contributed by atoms with Gasteiger partial charge in [-0.1, -0.05) is 18.0 Å². The Morgan fingerprint density at radius 1 is 1.24 bits per heavy atom. The number of carbonyl (C=O) groups excluding carboxylic acids is 2.